The summed E-state index contributed by atoms with van der Waals surface area (Å²) in [6, 6.07) is 7.88. The van der Waals surface area contributed by atoms with Gasteiger partial charge in [-0.3, -0.25) is 23.5 Å². The molecule has 2 heterocycles. The second-order valence-corrected chi connectivity index (χ2v) is 13.8. The Kier molecular flexibility index (Phi) is 16.0. The van der Waals surface area contributed by atoms with E-state index in [1.54, 1.807) is 24.3 Å². The molecule has 0 radical (unpaired) electrons. The van der Waals surface area contributed by atoms with Crippen LogP contribution in [0.5, 0.6) is 17.2 Å². The van der Waals surface area contributed by atoms with Crippen molar-refractivity contribution < 1.29 is 23.8 Å². The molecule has 1 atom stereocenters. The van der Waals surface area contributed by atoms with E-state index >= 15 is 0 Å². The number of amides is 1. The molecular formula is C40H54ClN5O7. The highest BCUT2D eigenvalue weighted by molar-refractivity contribution is 6.34. The number of unbranched alkanes of at least 4 members (excludes halogenated alkanes) is 13. The van der Waals surface area contributed by atoms with Crippen molar-refractivity contribution in [1.29, 1.82) is 0 Å². The molecule has 2 aromatic carbocycles. The van der Waals surface area contributed by atoms with Gasteiger partial charge in [-0.15, -0.1) is 0 Å². The maximum atomic E-state index is 14.2. The van der Waals surface area contributed by atoms with E-state index in [1.165, 1.54) is 133 Å². The Bertz CT molecular complexity index is 1930. The van der Waals surface area contributed by atoms with Crippen LogP contribution >= 0.6 is 11.6 Å². The number of hydrogen-bond acceptors (Lipinski definition) is 8. The smallest absolute Gasteiger partial charge is 0.332 e. The molecule has 288 valence electrons. The lowest BCUT2D eigenvalue weighted by Gasteiger charge is -2.20. The quantitative estimate of drug-likeness (QED) is 0.0457. The lowest BCUT2D eigenvalue weighted by Crippen LogP contribution is -2.39. The second kappa shape index (κ2) is 20.6. The van der Waals surface area contributed by atoms with E-state index < -0.39 is 29.0 Å². The number of rotatable bonds is 23. The predicted octanol–water partition coefficient (Wildman–Crippen LogP) is 8.03. The van der Waals surface area contributed by atoms with Crippen molar-refractivity contribution >= 4 is 40.1 Å². The first-order valence-corrected chi connectivity index (χ1v) is 19.1. The van der Waals surface area contributed by atoms with Gasteiger partial charge in [0.1, 0.15) is 5.75 Å². The lowest BCUT2D eigenvalue weighted by molar-refractivity contribution is -0.118. The summed E-state index contributed by atoms with van der Waals surface area (Å²) in [6.45, 7) is 2.82. The Morgan fingerprint density at radius 2 is 1.34 bits per heavy atom. The highest BCUT2D eigenvalue weighted by Crippen LogP contribution is 2.36. The molecule has 0 aliphatic heterocycles. The summed E-state index contributed by atoms with van der Waals surface area (Å²) in [7, 11) is 5.67. The third-order valence-corrected chi connectivity index (χ3v) is 9.90. The number of imidazole rings is 1. The fraction of sp³-hybridized carbons (Fsp3) is 0.525. The van der Waals surface area contributed by atoms with Crippen LogP contribution in [0, 0.1) is 0 Å². The fourth-order valence-corrected chi connectivity index (χ4v) is 6.64. The number of nitrogens with one attached hydrogen (secondary N) is 1. The first-order valence-electron chi connectivity index (χ1n) is 18.7. The van der Waals surface area contributed by atoms with Crippen LogP contribution in [0.15, 0.2) is 52.3 Å². The minimum absolute atomic E-state index is 0.0279. The van der Waals surface area contributed by atoms with Crippen LogP contribution in [0.3, 0.4) is 0 Å². The van der Waals surface area contributed by atoms with Crippen molar-refractivity contribution in [1.82, 2.24) is 18.7 Å². The molecule has 4 rings (SSSR count). The van der Waals surface area contributed by atoms with Gasteiger partial charge < -0.3 is 24.1 Å². The highest BCUT2D eigenvalue weighted by Gasteiger charge is 2.33. The number of nitrogens with zero attached hydrogens (tertiary/aromatic N) is 4. The molecular weight excluding hydrogens is 698 g/mol. The summed E-state index contributed by atoms with van der Waals surface area (Å²) in [5, 5.41) is 2.84. The van der Waals surface area contributed by atoms with Crippen molar-refractivity contribution in [3.05, 3.63) is 74.1 Å². The predicted molar refractivity (Wildman–Crippen MR) is 209 cm³/mol. The lowest BCUT2D eigenvalue weighted by atomic mass is 10.0. The van der Waals surface area contributed by atoms with Gasteiger partial charge in [-0.05, 0) is 30.7 Å². The Labute approximate surface area is 316 Å². The number of anilines is 1. The molecule has 1 N–H and O–H groups in total. The van der Waals surface area contributed by atoms with Gasteiger partial charge in [0.05, 0.1) is 37.9 Å². The van der Waals surface area contributed by atoms with E-state index in [0.717, 1.165) is 17.4 Å². The average molecular weight is 752 g/mol. The van der Waals surface area contributed by atoms with E-state index in [1.807, 2.05) is 0 Å². The Hall–Kier alpha value is -4.58. The molecule has 1 amide bonds. The number of halogens is 1. The molecule has 0 spiro atoms. The van der Waals surface area contributed by atoms with Crippen LogP contribution in [0.4, 0.5) is 5.69 Å². The summed E-state index contributed by atoms with van der Waals surface area (Å²) in [4.78, 5) is 58.4. The minimum Gasteiger partial charge on any atom is -0.494 e. The SMILES string of the molecule is CCCCCCCCCCCCCCCCOc1ccc(C(=O)C(C(=O)Nc2cc(OC)c(OC)cc2Cl)n2cnc3c2c(=O)n(C)c(=O)n3C)cc1. The monoisotopic (exact) mass is 751 g/mol. The number of carbonyl (C=O) groups is 2. The van der Waals surface area contributed by atoms with Crippen molar-refractivity contribution in [2.45, 2.75) is 103 Å². The van der Waals surface area contributed by atoms with Gasteiger partial charge in [0.15, 0.2) is 34.5 Å². The highest BCUT2D eigenvalue weighted by atomic mass is 35.5. The third-order valence-electron chi connectivity index (χ3n) is 9.58. The number of hydrogen-bond donors (Lipinski definition) is 1. The van der Waals surface area contributed by atoms with Gasteiger partial charge in [-0.1, -0.05) is 102 Å². The number of carbonyl (C=O) groups excluding carboxylic acids is 2. The number of benzene rings is 2. The zero-order valence-electron chi connectivity index (χ0n) is 31.7. The van der Waals surface area contributed by atoms with Gasteiger partial charge in [0.25, 0.3) is 11.5 Å². The third kappa shape index (κ3) is 10.7. The standard InChI is InChI=1S/C40H54ClN5O7/c1-6-7-8-9-10-11-12-13-14-15-16-17-18-19-24-53-29-22-20-28(21-23-29)36(47)34(38(48)43-31-26-33(52-5)32(51-4)25-30(31)41)46-27-42-37-35(46)39(49)45(3)40(50)44(37)2/h20-23,25-27,34H,6-19,24H2,1-5H3,(H,43,48). The minimum atomic E-state index is -1.60. The molecule has 4 aromatic rings. The van der Waals surface area contributed by atoms with Gasteiger partial charge >= 0.3 is 5.69 Å². The second-order valence-electron chi connectivity index (χ2n) is 13.4. The van der Waals surface area contributed by atoms with Crippen LogP contribution in [-0.2, 0) is 18.9 Å². The number of Topliss-reactive ketones (excluding diaryl/α,β-unsaturated/α-hetero) is 1. The number of aromatic nitrogens is 4. The average Bonchev–Trinajstić information content (AvgIpc) is 3.60. The maximum absolute atomic E-state index is 14.2. The normalized spacial score (nSPS) is 11.8. The van der Waals surface area contributed by atoms with Gasteiger partial charge in [-0.2, -0.15) is 0 Å². The van der Waals surface area contributed by atoms with E-state index in [9.17, 15) is 19.2 Å². The van der Waals surface area contributed by atoms with Crippen molar-refractivity contribution in [3.8, 4) is 17.2 Å². The number of aryl methyl sites for hydroxylation is 1. The summed E-state index contributed by atoms with van der Waals surface area (Å²) in [5.41, 5.74) is -1.00. The van der Waals surface area contributed by atoms with Crippen LogP contribution in [-0.4, -0.2) is 51.2 Å². The topological polar surface area (TPSA) is 136 Å². The largest absolute Gasteiger partial charge is 0.494 e. The van der Waals surface area contributed by atoms with Crippen molar-refractivity contribution in [2.24, 2.45) is 14.1 Å². The summed E-state index contributed by atoms with van der Waals surface area (Å²) in [6.07, 6.45) is 19.1. The van der Waals surface area contributed by atoms with Crippen LogP contribution in [0.1, 0.15) is 113 Å². The molecule has 0 aliphatic carbocycles. The Morgan fingerprint density at radius 1 is 0.792 bits per heavy atom. The van der Waals surface area contributed by atoms with E-state index in [-0.39, 0.29) is 27.4 Å². The molecule has 0 bridgehead atoms. The molecule has 53 heavy (non-hydrogen) atoms. The Morgan fingerprint density at radius 3 is 1.91 bits per heavy atom. The molecule has 0 aliphatic rings. The van der Waals surface area contributed by atoms with Crippen LogP contribution < -0.4 is 30.8 Å². The number of ketones is 1. The fourth-order valence-electron chi connectivity index (χ4n) is 6.44. The maximum Gasteiger partial charge on any atom is 0.332 e. The molecule has 13 heteroatoms. The van der Waals surface area contributed by atoms with E-state index in [4.69, 9.17) is 25.8 Å². The zero-order valence-corrected chi connectivity index (χ0v) is 32.5. The number of ether oxygens (including phenoxy) is 3. The van der Waals surface area contributed by atoms with E-state index in [0.29, 0.717) is 23.9 Å². The van der Waals surface area contributed by atoms with Gasteiger partial charge in [-0.25, -0.2) is 9.78 Å². The number of methoxy groups -OCH3 is 2. The molecule has 2 aromatic heterocycles. The van der Waals surface area contributed by atoms with Crippen molar-refractivity contribution in [3.63, 3.8) is 0 Å². The number of fused-ring (bicyclic) bond motifs is 1. The van der Waals surface area contributed by atoms with Gasteiger partial charge in [0.2, 0.25) is 0 Å². The van der Waals surface area contributed by atoms with Crippen molar-refractivity contribution in [2.75, 3.05) is 26.1 Å². The Balaban J connectivity index is 1.40. The summed E-state index contributed by atoms with van der Waals surface area (Å²) >= 11 is 6.46. The first-order chi connectivity index (χ1) is 25.6. The first kappa shape index (κ1) is 41.2. The zero-order chi connectivity index (χ0) is 38.3. The molecule has 1 unspecified atom stereocenters. The van der Waals surface area contributed by atoms with Crippen LogP contribution in [0.25, 0.3) is 11.2 Å². The molecule has 0 fully saturated rings. The van der Waals surface area contributed by atoms with E-state index in [2.05, 4.69) is 17.2 Å². The summed E-state index contributed by atoms with van der Waals surface area (Å²) < 4.78 is 19.9. The molecule has 0 saturated carbocycles. The van der Waals surface area contributed by atoms with Crippen LogP contribution in [0.2, 0.25) is 5.02 Å². The summed E-state index contributed by atoms with van der Waals surface area (Å²) in [5.74, 6) is -0.159. The van der Waals surface area contributed by atoms with Gasteiger partial charge in [0, 0.05) is 31.8 Å². The molecule has 12 nitrogen and oxygen atoms in total. The molecule has 0 saturated heterocycles.